The molecule has 0 saturated carbocycles. The fraction of sp³-hybridized carbons (Fsp3) is 0.300. The third-order valence-electron chi connectivity index (χ3n) is 1.99. The number of halogens is 1. The first-order valence-corrected chi connectivity index (χ1v) is 4.33. The topological polar surface area (TPSA) is 55.1 Å². The van der Waals surface area contributed by atoms with Gasteiger partial charge in [-0.25, -0.2) is 4.39 Å². The Balaban J connectivity index is 3.07. The van der Waals surface area contributed by atoms with Crippen LogP contribution in [-0.4, -0.2) is 13.0 Å². The summed E-state index contributed by atoms with van der Waals surface area (Å²) in [5.74, 6) is -0.974. The minimum Gasteiger partial charge on any atom is -0.355 e. The van der Waals surface area contributed by atoms with Crippen LogP contribution in [0.1, 0.15) is 28.9 Å². The fourth-order valence-electron chi connectivity index (χ4n) is 1.13. The molecule has 0 bridgehead atoms. The molecule has 1 atom stereocenters. The molecule has 0 saturated heterocycles. The molecular formula is C10H13FN2O. The summed E-state index contributed by atoms with van der Waals surface area (Å²) in [5.41, 5.74) is 6.29. The Hall–Kier alpha value is -1.42. The van der Waals surface area contributed by atoms with Crippen molar-refractivity contribution in [3.05, 3.63) is 35.1 Å². The van der Waals surface area contributed by atoms with Crippen LogP contribution < -0.4 is 11.1 Å². The number of rotatable bonds is 2. The van der Waals surface area contributed by atoms with Gasteiger partial charge in [0, 0.05) is 13.1 Å². The van der Waals surface area contributed by atoms with Crippen LogP contribution >= 0.6 is 0 Å². The van der Waals surface area contributed by atoms with Gasteiger partial charge in [-0.3, -0.25) is 4.79 Å². The molecule has 1 rings (SSSR count). The summed E-state index contributed by atoms with van der Waals surface area (Å²) in [6.07, 6.45) is 0. The van der Waals surface area contributed by atoms with Gasteiger partial charge in [0.1, 0.15) is 5.82 Å². The molecular weight excluding hydrogens is 183 g/mol. The molecule has 0 heterocycles. The van der Waals surface area contributed by atoms with Gasteiger partial charge in [0.25, 0.3) is 5.91 Å². The summed E-state index contributed by atoms with van der Waals surface area (Å²) in [5, 5.41) is 2.36. The Morgan fingerprint density at radius 3 is 2.64 bits per heavy atom. The molecule has 0 aromatic heterocycles. The minimum atomic E-state index is -0.542. The van der Waals surface area contributed by atoms with Crippen LogP contribution in [0.15, 0.2) is 18.2 Å². The van der Waals surface area contributed by atoms with Crippen LogP contribution in [0, 0.1) is 5.82 Å². The lowest BCUT2D eigenvalue weighted by Crippen LogP contribution is -2.19. The molecule has 14 heavy (non-hydrogen) atoms. The normalized spacial score (nSPS) is 12.3. The molecule has 1 unspecified atom stereocenters. The van der Waals surface area contributed by atoms with Crippen molar-refractivity contribution in [2.75, 3.05) is 7.05 Å². The van der Waals surface area contributed by atoms with E-state index in [9.17, 15) is 9.18 Å². The van der Waals surface area contributed by atoms with E-state index in [0.29, 0.717) is 5.56 Å². The van der Waals surface area contributed by atoms with E-state index in [1.54, 1.807) is 13.0 Å². The van der Waals surface area contributed by atoms with Crippen molar-refractivity contribution >= 4 is 5.91 Å². The molecule has 3 N–H and O–H groups in total. The first-order valence-electron chi connectivity index (χ1n) is 4.33. The van der Waals surface area contributed by atoms with E-state index in [0.717, 1.165) is 0 Å². The zero-order valence-corrected chi connectivity index (χ0v) is 8.17. The van der Waals surface area contributed by atoms with Crippen LogP contribution in [0.25, 0.3) is 0 Å². The molecule has 1 amide bonds. The molecule has 1 aromatic carbocycles. The average Bonchev–Trinajstić information content (AvgIpc) is 2.16. The fourth-order valence-corrected chi connectivity index (χ4v) is 1.13. The quantitative estimate of drug-likeness (QED) is 0.746. The zero-order valence-electron chi connectivity index (χ0n) is 8.17. The maximum absolute atomic E-state index is 13.3. The maximum Gasteiger partial charge on any atom is 0.253 e. The van der Waals surface area contributed by atoms with Gasteiger partial charge in [0.15, 0.2) is 0 Å². The molecule has 0 spiro atoms. The second-order valence-corrected chi connectivity index (χ2v) is 3.11. The van der Waals surface area contributed by atoms with Crippen LogP contribution in [0.5, 0.6) is 0 Å². The predicted octanol–water partition coefficient (Wildman–Crippen LogP) is 1.21. The number of hydrogen-bond donors (Lipinski definition) is 2. The van der Waals surface area contributed by atoms with E-state index < -0.39 is 11.7 Å². The van der Waals surface area contributed by atoms with Crippen molar-refractivity contribution in [2.45, 2.75) is 13.0 Å². The lowest BCUT2D eigenvalue weighted by atomic mass is 10.1. The Labute approximate surface area is 82.1 Å². The largest absolute Gasteiger partial charge is 0.355 e. The minimum absolute atomic E-state index is 0.0388. The Bertz CT molecular complexity index is 350. The first kappa shape index (κ1) is 10.7. The summed E-state index contributed by atoms with van der Waals surface area (Å²) in [7, 11) is 1.46. The number of hydrogen-bond acceptors (Lipinski definition) is 2. The first-order chi connectivity index (χ1) is 6.56. The number of nitrogens with one attached hydrogen (secondary N) is 1. The molecule has 0 aliphatic rings. The third kappa shape index (κ3) is 2.09. The second-order valence-electron chi connectivity index (χ2n) is 3.11. The van der Waals surface area contributed by atoms with Crippen molar-refractivity contribution in [1.82, 2.24) is 5.32 Å². The predicted molar refractivity (Wildman–Crippen MR) is 52.4 cm³/mol. The van der Waals surface area contributed by atoms with Crippen molar-refractivity contribution < 1.29 is 9.18 Å². The van der Waals surface area contributed by atoms with Gasteiger partial charge in [-0.1, -0.05) is 6.07 Å². The molecule has 0 fully saturated rings. The van der Waals surface area contributed by atoms with Crippen LogP contribution in [0.4, 0.5) is 4.39 Å². The standard InChI is InChI=1S/C10H13FN2O/c1-6(12)7-3-4-8(9(11)5-7)10(14)13-2/h3-6H,12H2,1-2H3,(H,13,14). The van der Waals surface area contributed by atoms with Gasteiger partial charge in [-0.2, -0.15) is 0 Å². The molecule has 76 valence electrons. The SMILES string of the molecule is CNC(=O)c1ccc(C(C)N)cc1F. The number of amides is 1. The highest BCUT2D eigenvalue weighted by atomic mass is 19.1. The van der Waals surface area contributed by atoms with Gasteiger partial charge in [-0.15, -0.1) is 0 Å². The van der Waals surface area contributed by atoms with E-state index >= 15 is 0 Å². The van der Waals surface area contributed by atoms with Gasteiger partial charge in [0.2, 0.25) is 0 Å². The van der Waals surface area contributed by atoms with Crippen molar-refractivity contribution in [3.8, 4) is 0 Å². The Morgan fingerprint density at radius 1 is 1.57 bits per heavy atom. The summed E-state index contributed by atoms with van der Waals surface area (Å²) in [4.78, 5) is 11.1. The monoisotopic (exact) mass is 196 g/mol. The number of benzene rings is 1. The molecule has 4 heteroatoms. The number of carbonyl (C=O) groups is 1. The summed E-state index contributed by atoms with van der Waals surface area (Å²) >= 11 is 0. The smallest absolute Gasteiger partial charge is 0.253 e. The van der Waals surface area contributed by atoms with Gasteiger partial charge < -0.3 is 11.1 Å². The highest BCUT2D eigenvalue weighted by Gasteiger charge is 2.11. The van der Waals surface area contributed by atoms with Crippen molar-refractivity contribution in [2.24, 2.45) is 5.73 Å². The van der Waals surface area contributed by atoms with E-state index in [-0.39, 0.29) is 11.6 Å². The summed E-state index contributed by atoms with van der Waals surface area (Å²) < 4.78 is 13.3. The number of nitrogens with two attached hydrogens (primary N) is 1. The Kier molecular flexibility index (Phi) is 3.19. The van der Waals surface area contributed by atoms with Gasteiger partial charge in [0.05, 0.1) is 5.56 Å². The second kappa shape index (κ2) is 4.19. The highest BCUT2D eigenvalue weighted by Crippen LogP contribution is 2.14. The van der Waals surface area contributed by atoms with E-state index in [1.807, 2.05) is 0 Å². The van der Waals surface area contributed by atoms with Crippen molar-refractivity contribution in [3.63, 3.8) is 0 Å². The van der Waals surface area contributed by atoms with Crippen molar-refractivity contribution in [1.29, 1.82) is 0 Å². The zero-order chi connectivity index (χ0) is 10.7. The van der Waals surface area contributed by atoms with E-state index in [4.69, 9.17) is 5.73 Å². The van der Waals surface area contributed by atoms with Crippen LogP contribution in [0.3, 0.4) is 0 Å². The third-order valence-corrected chi connectivity index (χ3v) is 1.99. The summed E-state index contributed by atoms with van der Waals surface area (Å²) in [6.45, 7) is 1.76. The van der Waals surface area contributed by atoms with E-state index in [1.165, 1.54) is 19.2 Å². The van der Waals surface area contributed by atoms with E-state index in [2.05, 4.69) is 5.32 Å². The molecule has 1 aromatic rings. The van der Waals surface area contributed by atoms with Gasteiger partial charge in [-0.05, 0) is 24.6 Å². The number of carbonyl (C=O) groups excluding carboxylic acids is 1. The average molecular weight is 196 g/mol. The van der Waals surface area contributed by atoms with Crippen LogP contribution in [0.2, 0.25) is 0 Å². The highest BCUT2D eigenvalue weighted by molar-refractivity contribution is 5.94. The molecule has 0 radical (unpaired) electrons. The maximum atomic E-state index is 13.3. The van der Waals surface area contributed by atoms with Gasteiger partial charge >= 0.3 is 0 Å². The molecule has 3 nitrogen and oxygen atoms in total. The molecule has 0 aliphatic carbocycles. The lowest BCUT2D eigenvalue weighted by Gasteiger charge is -2.07. The Morgan fingerprint density at radius 2 is 2.21 bits per heavy atom. The van der Waals surface area contributed by atoms with Crippen LogP contribution in [-0.2, 0) is 0 Å². The lowest BCUT2D eigenvalue weighted by molar-refractivity contribution is 0.0959. The molecule has 0 aliphatic heterocycles. The summed E-state index contributed by atoms with van der Waals surface area (Å²) in [6, 6.07) is 4.14.